The highest BCUT2D eigenvalue weighted by Gasteiger charge is 2.26. The second-order valence-electron chi connectivity index (χ2n) is 4.12. The Balaban J connectivity index is 2.11. The molecule has 0 radical (unpaired) electrons. The van der Waals surface area contributed by atoms with Gasteiger partial charge >= 0.3 is 0 Å². The lowest BCUT2D eigenvalue weighted by Gasteiger charge is -2.29. The van der Waals surface area contributed by atoms with Gasteiger partial charge in [0.05, 0.1) is 12.2 Å². The Morgan fingerprint density at radius 2 is 1.43 bits per heavy atom. The summed E-state index contributed by atoms with van der Waals surface area (Å²) in [5, 5.41) is 19.1. The summed E-state index contributed by atoms with van der Waals surface area (Å²) in [6.45, 7) is 0. The average molecular weight is 192 g/mol. The van der Waals surface area contributed by atoms with Gasteiger partial charge in [-0.15, -0.1) is 0 Å². The molecular formula is C12H16O2. The van der Waals surface area contributed by atoms with Crippen LogP contribution in [0.4, 0.5) is 0 Å². The lowest BCUT2D eigenvalue weighted by Crippen LogP contribution is -2.28. The zero-order valence-electron chi connectivity index (χ0n) is 8.13. The summed E-state index contributed by atoms with van der Waals surface area (Å²) in [6, 6.07) is 10.1. The number of aliphatic hydroxyl groups excluding tert-OH is 2. The van der Waals surface area contributed by atoms with Crippen molar-refractivity contribution >= 4 is 0 Å². The first-order valence-corrected chi connectivity index (χ1v) is 5.17. The molecule has 1 saturated carbocycles. The lowest BCUT2D eigenvalue weighted by molar-refractivity contribution is 0.0306. The van der Waals surface area contributed by atoms with Gasteiger partial charge < -0.3 is 10.2 Å². The van der Waals surface area contributed by atoms with Crippen molar-refractivity contribution in [2.45, 2.75) is 37.4 Å². The van der Waals surface area contributed by atoms with Gasteiger partial charge in [0.15, 0.2) is 0 Å². The molecule has 0 saturated heterocycles. The maximum atomic E-state index is 9.55. The highest BCUT2D eigenvalue weighted by Crippen LogP contribution is 2.32. The summed E-state index contributed by atoms with van der Waals surface area (Å²) in [5.74, 6) is 0.315. The van der Waals surface area contributed by atoms with E-state index in [2.05, 4.69) is 12.1 Å². The third kappa shape index (κ3) is 2.14. The molecule has 14 heavy (non-hydrogen) atoms. The highest BCUT2D eigenvalue weighted by molar-refractivity contribution is 5.20. The molecule has 0 bridgehead atoms. The molecule has 0 amide bonds. The molecule has 1 aromatic rings. The third-order valence-electron chi connectivity index (χ3n) is 2.93. The van der Waals surface area contributed by atoms with E-state index in [0.29, 0.717) is 12.3 Å². The van der Waals surface area contributed by atoms with Crippen molar-refractivity contribution in [2.75, 3.05) is 0 Å². The van der Waals surface area contributed by atoms with Gasteiger partial charge in [-0.25, -0.2) is 0 Å². The van der Waals surface area contributed by atoms with E-state index in [0.717, 1.165) is 12.8 Å². The molecule has 1 aromatic carbocycles. The number of hydrogen-bond donors (Lipinski definition) is 2. The monoisotopic (exact) mass is 192 g/mol. The van der Waals surface area contributed by atoms with Crippen LogP contribution in [0.1, 0.15) is 30.7 Å². The molecule has 2 N–H and O–H groups in total. The van der Waals surface area contributed by atoms with Crippen LogP contribution >= 0.6 is 0 Å². The molecule has 2 rings (SSSR count). The predicted molar refractivity (Wildman–Crippen MR) is 55.0 cm³/mol. The van der Waals surface area contributed by atoms with Gasteiger partial charge in [-0.05, 0) is 30.7 Å². The second kappa shape index (κ2) is 4.11. The first kappa shape index (κ1) is 9.69. The van der Waals surface area contributed by atoms with Crippen LogP contribution in [-0.2, 0) is 0 Å². The van der Waals surface area contributed by atoms with E-state index in [1.165, 1.54) is 5.56 Å². The van der Waals surface area contributed by atoms with Gasteiger partial charge in [0.1, 0.15) is 0 Å². The largest absolute Gasteiger partial charge is 0.393 e. The maximum Gasteiger partial charge on any atom is 0.0570 e. The first-order valence-electron chi connectivity index (χ1n) is 5.17. The standard InChI is InChI=1S/C12H16O2/c13-11-6-10(7-12(14)8-11)9-4-2-1-3-5-9/h1-5,10-14H,6-8H2. The van der Waals surface area contributed by atoms with Crippen LogP contribution in [0.5, 0.6) is 0 Å². The van der Waals surface area contributed by atoms with E-state index in [9.17, 15) is 10.2 Å². The summed E-state index contributed by atoms with van der Waals surface area (Å²) >= 11 is 0. The quantitative estimate of drug-likeness (QED) is 0.710. The molecule has 0 aromatic heterocycles. The zero-order valence-corrected chi connectivity index (χ0v) is 8.13. The molecule has 2 unspecified atom stereocenters. The Morgan fingerprint density at radius 3 is 2.00 bits per heavy atom. The van der Waals surface area contributed by atoms with Crippen LogP contribution in [0.2, 0.25) is 0 Å². The van der Waals surface area contributed by atoms with Crippen LogP contribution < -0.4 is 0 Å². The van der Waals surface area contributed by atoms with Crippen LogP contribution in [0.3, 0.4) is 0 Å². The van der Waals surface area contributed by atoms with E-state index in [1.54, 1.807) is 0 Å². The van der Waals surface area contributed by atoms with E-state index in [-0.39, 0.29) is 12.2 Å². The van der Waals surface area contributed by atoms with Gasteiger partial charge in [-0.2, -0.15) is 0 Å². The van der Waals surface area contributed by atoms with Crippen LogP contribution in [0.15, 0.2) is 30.3 Å². The molecule has 2 atom stereocenters. The van der Waals surface area contributed by atoms with Crippen molar-refractivity contribution in [2.24, 2.45) is 0 Å². The Bertz CT molecular complexity index is 274. The fourth-order valence-corrected chi connectivity index (χ4v) is 2.26. The number of hydrogen-bond acceptors (Lipinski definition) is 2. The summed E-state index contributed by atoms with van der Waals surface area (Å²) < 4.78 is 0. The van der Waals surface area contributed by atoms with Gasteiger partial charge in [-0.3, -0.25) is 0 Å². The molecule has 1 aliphatic rings. The van der Waals surface area contributed by atoms with Crippen molar-refractivity contribution in [3.05, 3.63) is 35.9 Å². The van der Waals surface area contributed by atoms with Crippen LogP contribution in [0, 0.1) is 0 Å². The summed E-state index contributed by atoms with van der Waals surface area (Å²) in [7, 11) is 0. The second-order valence-corrected chi connectivity index (χ2v) is 4.12. The van der Waals surface area contributed by atoms with Crippen molar-refractivity contribution in [1.29, 1.82) is 0 Å². The fraction of sp³-hybridized carbons (Fsp3) is 0.500. The Morgan fingerprint density at radius 1 is 0.857 bits per heavy atom. The van der Waals surface area contributed by atoms with Crippen molar-refractivity contribution in [3.63, 3.8) is 0 Å². The molecule has 0 spiro atoms. The van der Waals surface area contributed by atoms with Gasteiger partial charge in [-0.1, -0.05) is 30.3 Å². The summed E-state index contributed by atoms with van der Waals surface area (Å²) in [6.07, 6.45) is 1.40. The van der Waals surface area contributed by atoms with Crippen molar-refractivity contribution in [1.82, 2.24) is 0 Å². The zero-order chi connectivity index (χ0) is 9.97. The van der Waals surface area contributed by atoms with Gasteiger partial charge in [0.2, 0.25) is 0 Å². The predicted octanol–water partition coefficient (Wildman–Crippen LogP) is 1.68. The van der Waals surface area contributed by atoms with Crippen molar-refractivity contribution < 1.29 is 10.2 Å². The summed E-state index contributed by atoms with van der Waals surface area (Å²) in [5.41, 5.74) is 1.23. The van der Waals surface area contributed by atoms with E-state index in [4.69, 9.17) is 0 Å². The Hall–Kier alpha value is -0.860. The Kier molecular flexibility index (Phi) is 2.85. The number of aliphatic hydroxyl groups is 2. The third-order valence-corrected chi connectivity index (χ3v) is 2.93. The maximum absolute atomic E-state index is 9.55. The SMILES string of the molecule is OC1CC(O)CC(c2ccccc2)C1. The molecular weight excluding hydrogens is 176 g/mol. The molecule has 1 aliphatic carbocycles. The smallest absolute Gasteiger partial charge is 0.0570 e. The minimum Gasteiger partial charge on any atom is -0.393 e. The minimum absolute atomic E-state index is 0.315. The molecule has 1 fully saturated rings. The molecule has 2 nitrogen and oxygen atoms in total. The molecule has 2 heteroatoms. The van der Waals surface area contributed by atoms with E-state index < -0.39 is 0 Å². The topological polar surface area (TPSA) is 40.5 Å². The first-order chi connectivity index (χ1) is 6.75. The van der Waals surface area contributed by atoms with E-state index in [1.807, 2.05) is 18.2 Å². The lowest BCUT2D eigenvalue weighted by atomic mass is 9.81. The Labute approximate surface area is 84.2 Å². The summed E-state index contributed by atoms with van der Waals surface area (Å²) in [4.78, 5) is 0. The van der Waals surface area contributed by atoms with E-state index >= 15 is 0 Å². The van der Waals surface area contributed by atoms with Crippen LogP contribution in [0.25, 0.3) is 0 Å². The molecule has 76 valence electrons. The normalized spacial score (nSPS) is 32.9. The highest BCUT2D eigenvalue weighted by atomic mass is 16.3. The average Bonchev–Trinajstić information content (AvgIpc) is 2.18. The number of benzene rings is 1. The fourth-order valence-electron chi connectivity index (χ4n) is 2.26. The number of rotatable bonds is 1. The molecule has 0 heterocycles. The molecule has 0 aliphatic heterocycles. The van der Waals surface area contributed by atoms with Gasteiger partial charge in [0, 0.05) is 0 Å². The van der Waals surface area contributed by atoms with Gasteiger partial charge in [0.25, 0.3) is 0 Å². The van der Waals surface area contributed by atoms with Crippen molar-refractivity contribution in [3.8, 4) is 0 Å². The minimum atomic E-state index is -0.344. The van der Waals surface area contributed by atoms with Crippen LogP contribution in [-0.4, -0.2) is 22.4 Å².